The van der Waals surface area contributed by atoms with Crippen LogP contribution in [0.15, 0.2) is 85.3 Å². The predicted octanol–water partition coefficient (Wildman–Crippen LogP) is 4.62. The maximum absolute atomic E-state index is 13.6. The number of carbonyl (C=O) groups excluding carboxylic acids is 2. The lowest BCUT2D eigenvalue weighted by Crippen LogP contribution is -2.29. The second-order valence-electron chi connectivity index (χ2n) is 9.00. The number of nitrogens with zero attached hydrogens (tertiary/aromatic N) is 4. The number of amides is 1. The zero-order valence-corrected chi connectivity index (χ0v) is 21.7. The van der Waals surface area contributed by atoms with Crippen molar-refractivity contribution in [2.45, 2.75) is 26.4 Å². The predicted molar refractivity (Wildman–Crippen MR) is 145 cm³/mol. The molecule has 1 aliphatic rings. The molecule has 4 aromatic rings. The van der Waals surface area contributed by atoms with E-state index in [1.807, 2.05) is 19.1 Å². The molecule has 1 unspecified atom stereocenters. The number of aryl methyl sites for hydroxylation is 1. The molecule has 1 atom stereocenters. The Morgan fingerprint density at radius 1 is 1.13 bits per heavy atom. The van der Waals surface area contributed by atoms with Crippen molar-refractivity contribution in [3.8, 4) is 11.5 Å². The van der Waals surface area contributed by atoms with Gasteiger partial charge in [0.05, 0.1) is 23.9 Å². The molecule has 4 heterocycles. The number of carbonyl (C=O) groups is 2. The van der Waals surface area contributed by atoms with Crippen molar-refractivity contribution in [2.24, 2.45) is 0 Å². The number of ether oxygens (including phenoxy) is 2. The average Bonchev–Trinajstić information content (AvgIpc) is 3.41. The maximum Gasteiger partial charge on any atom is 0.295 e. The summed E-state index contributed by atoms with van der Waals surface area (Å²) in [6, 6.07) is 13.4. The normalized spacial score (nSPS) is 16.6. The number of likely N-dealkylation sites (tertiary alicyclic amines) is 1. The summed E-state index contributed by atoms with van der Waals surface area (Å²) in [5.74, 6) is -0.844. The Bertz CT molecular complexity index is 1590. The second kappa shape index (κ2) is 10.8. The number of aliphatic hydroxyl groups excluding tert-OH is 1. The van der Waals surface area contributed by atoms with E-state index >= 15 is 0 Å². The molecule has 1 aliphatic heterocycles. The highest BCUT2D eigenvalue weighted by Gasteiger charge is 2.47. The number of hydrogen-bond donors (Lipinski definition) is 1. The van der Waals surface area contributed by atoms with Crippen LogP contribution in [0.4, 0.5) is 0 Å². The number of aliphatic hydroxyl groups is 1. The summed E-state index contributed by atoms with van der Waals surface area (Å²) in [5.41, 5.74) is 2.79. The molecule has 1 N–H and O–H groups in total. The van der Waals surface area contributed by atoms with E-state index in [1.54, 1.807) is 72.4 Å². The monoisotopic (exact) mass is 524 g/mol. The molecule has 0 spiro atoms. The van der Waals surface area contributed by atoms with Crippen LogP contribution in [0.5, 0.6) is 11.5 Å². The maximum atomic E-state index is 13.6. The van der Waals surface area contributed by atoms with Crippen LogP contribution in [0.1, 0.15) is 35.5 Å². The van der Waals surface area contributed by atoms with Crippen LogP contribution < -0.4 is 9.47 Å². The first-order valence-electron chi connectivity index (χ1n) is 12.6. The van der Waals surface area contributed by atoms with Crippen LogP contribution in [-0.2, 0) is 16.1 Å². The highest BCUT2D eigenvalue weighted by molar-refractivity contribution is 6.46. The molecule has 1 amide bonds. The minimum Gasteiger partial charge on any atom is -0.505 e. The lowest BCUT2D eigenvalue weighted by Gasteiger charge is -2.26. The van der Waals surface area contributed by atoms with Crippen molar-refractivity contribution in [1.82, 2.24) is 19.3 Å². The molecule has 0 saturated carbocycles. The number of hydrogen-bond acceptors (Lipinski definition) is 7. The Balaban J connectivity index is 1.71. The van der Waals surface area contributed by atoms with E-state index in [9.17, 15) is 14.7 Å². The van der Waals surface area contributed by atoms with Gasteiger partial charge in [-0.2, -0.15) is 0 Å². The highest BCUT2D eigenvalue weighted by Crippen LogP contribution is 2.43. The van der Waals surface area contributed by atoms with Crippen molar-refractivity contribution in [1.29, 1.82) is 0 Å². The van der Waals surface area contributed by atoms with Crippen LogP contribution >= 0.6 is 0 Å². The molecular weight excluding hydrogens is 496 g/mol. The van der Waals surface area contributed by atoms with E-state index in [1.165, 1.54) is 4.90 Å². The number of rotatable bonds is 9. The summed E-state index contributed by atoms with van der Waals surface area (Å²) >= 11 is 0. The van der Waals surface area contributed by atoms with Crippen molar-refractivity contribution < 1.29 is 24.2 Å². The third-order valence-electron chi connectivity index (χ3n) is 6.48. The molecule has 0 bridgehead atoms. The highest BCUT2D eigenvalue weighted by atomic mass is 16.5. The van der Waals surface area contributed by atoms with E-state index in [4.69, 9.17) is 9.47 Å². The molecule has 9 nitrogen and oxygen atoms in total. The van der Waals surface area contributed by atoms with Gasteiger partial charge >= 0.3 is 0 Å². The summed E-state index contributed by atoms with van der Waals surface area (Å²) in [5, 5.41) is 11.7. The molecular formula is C30H28N4O5. The van der Waals surface area contributed by atoms with Crippen LogP contribution in [-0.4, -0.2) is 49.3 Å². The van der Waals surface area contributed by atoms with Crippen LogP contribution in [0, 0.1) is 6.92 Å². The van der Waals surface area contributed by atoms with Crippen LogP contribution in [0.2, 0.25) is 0 Å². The minimum absolute atomic E-state index is 0.0279. The summed E-state index contributed by atoms with van der Waals surface area (Å²) in [6.07, 6.45) is 6.66. The molecule has 9 heteroatoms. The van der Waals surface area contributed by atoms with E-state index in [0.717, 1.165) is 5.56 Å². The number of pyridine rings is 2. The molecule has 0 radical (unpaired) electrons. The summed E-state index contributed by atoms with van der Waals surface area (Å²) in [6.45, 7) is 8.07. The van der Waals surface area contributed by atoms with Gasteiger partial charge in [0.1, 0.15) is 17.9 Å². The second-order valence-corrected chi connectivity index (χ2v) is 9.00. The third kappa shape index (κ3) is 4.74. The molecule has 1 aromatic carbocycles. The average molecular weight is 525 g/mol. The Morgan fingerprint density at radius 3 is 2.72 bits per heavy atom. The Hall–Kier alpha value is -4.92. The van der Waals surface area contributed by atoms with Gasteiger partial charge in [0.25, 0.3) is 11.7 Å². The molecule has 3 aromatic heterocycles. The molecule has 39 heavy (non-hydrogen) atoms. The SMILES string of the molecule is C=CCOc1ccc(C2C(=C(O)c3c(C)nc4ccccn34)C(=O)C(=O)N2Cc2cccnc2)cc1OCC. The number of Topliss-reactive ketones (excluding diaryl/α,β-unsaturated/α-hetero) is 1. The van der Waals surface area contributed by atoms with E-state index in [0.29, 0.717) is 40.7 Å². The fourth-order valence-electron chi connectivity index (χ4n) is 4.84. The number of fused-ring (bicyclic) bond motifs is 1. The molecule has 1 saturated heterocycles. The van der Waals surface area contributed by atoms with Crippen LogP contribution in [0.25, 0.3) is 11.4 Å². The van der Waals surface area contributed by atoms with Gasteiger partial charge in [-0.05, 0) is 55.3 Å². The van der Waals surface area contributed by atoms with Gasteiger partial charge in [-0.25, -0.2) is 4.98 Å². The lowest BCUT2D eigenvalue weighted by molar-refractivity contribution is -0.140. The molecule has 198 valence electrons. The van der Waals surface area contributed by atoms with Gasteiger partial charge < -0.3 is 19.5 Å². The summed E-state index contributed by atoms with van der Waals surface area (Å²) in [7, 11) is 0. The molecule has 5 rings (SSSR count). The van der Waals surface area contributed by atoms with Gasteiger partial charge in [-0.15, -0.1) is 0 Å². The number of aromatic nitrogens is 3. The van der Waals surface area contributed by atoms with Gasteiger partial charge in [-0.3, -0.25) is 19.0 Å². The smallest absolute Gasteiger partial charge is 0.295 e. The van der Waals surface area contributed by atoms with Crippen molar-refractivity contribution >= 4 is 23.1 Å². The van der Waals surface area contributed by atoms with Gasteiger partial charge in [-0.1, -0.05) is 30.9 Å². The van der Waals surface area contributed by atoms with E-state index < -0.39 is 17.7 Å². The Morgan fingerprint density at radius 2 is 1.97 bits per heavy atom. The zero-order chi connectivity index (χ0) is 27.5. The standard InChI is InChI=1S/C30H28N4O5/c1-4-15-39-22-12-11-21(16-23(22)38-5-2)27-25(28(35)26-19(3)32-24-10-6-7-14-33(24)26)29(36)30(37)34(27)18-20-9-8-13-31-17-20/h4,6-14,16-17,27,35H,1,5,15,18H2,2-3H3. The summed E-state index contributed by atoms with van der Waals surface area (Å²) < 4.78 is 13.3. The zero-order valence-electron chi connectivity index (χ0n) is 21.7. The number of imidazole rings is 1. The van der Waals surface area contributed by atoms with Crippen LogP contribution in [0.3, 0.4) is 0 Å². The number of benzene rings is 1. The van der Waals surface area contributed by atoms with Gasteiger partial charge in [0, 0.05) is 25.1 Å². The topological polar surface area (TPSA) is 106 Å². The third-order valence-corrected chi connectivity index (χ3v) is 6.48. The Labute approximate surface area is 225 Å². The quantitative estimate of drug-likeness (QED) is 0.147. The van der Waals surface area contributed by atoms with E-state index in [-0.39, 0.29) is 24.5 Å². The fraction of sp³-hybridized carbons (Fsp3) is 0.200. The minimum atomic E-state index is -0.897. The first-order valence-corrected chi connectivity index (χ1v) is 12.6. The van der Waals surface area contributed by atoms with Crippen molar-refractivity contribution in [3.63, 3.8) is 0 Å². The van der Waals surface area contributed by atoms with Crippen molar-refractivity contribution in [3.05, 3.63) is 108 Å². The first-order chi connectivity index (χ1) is 18.9. The number of ketones is 1. The molecule has 1 fully saturated rings. The first kappa shape index (κ1) is 25.7. The summed E-state index contributed by atoms with van der Waals surface area (Å²) in [4.78, 5) is 37.1. The van der Waals surface area contributed by atoms with Gasteiger partial charge in [0.15, 0.2) is 17.3 Å². The molecule has 0 aliphatic carbocycles. The Kier molecular flexibility index (Phi) is 7.14. The van der Waals surface area contributed by atoms with Gasteiger partial charge in [0.2, 0.25) is 0 Å². The largest absolute Gasteiger partial charge is 0.505 e. The van der Waals surface area contributed by atoms with Crippen molar-refractivity contribution in [2.75, 3.05) is 13.2 Å². The lowest BCUT2D eigenvalue weighted by atomic mass is 9.95. The van der Waals surface area contributed by atoms with E-state index in [2.05, 4.69) is 16.5 Å². The fourth-order valence-corrected chi connectivity index (χ4v) is 4.84.